The van der Waals surface area contributed by atoms with Crippen LogP contribution in [-0.2, 0) is 0 Å². The van der Waals surface area contributed by atoms with Gasteiger partial charge in [0.1, 0.15) is 3.70 Å². The van der Waals surface area contributed by atoms with Gasteiger partial charge in [0.05, 0.1) is 0 Å². The van der Waals surface area contributed by atoms with Gasteiger partial charge in [0, 0.05) is 25.2 Å². The summed E-state index contributed by atoms with van der Waals surface area (Å²) in [5.41, 5.74) is 0. The molecule has 0 aliphatic carbocycles. The Hall–Kier alpha value is -0.430. The van der Waals surface area contributed by atoms with E-state index in [1.807, 2.05) is 6.07 Å². The molecule has 2 saturated heterocycles. The van der Waals surface area contributed by atoms with E-state index >= 15 is 0 Å². The molecule has 0 saturated carbocycles. The fourth-order valence-corrected chi connectivity index (χ4v) is 3.32. The third-order valence-corrected chi connectivity index (χ3v) is 4.55. The summed E-state index contributed by atoms with van der Waals surface area (Å²) in [5.74, 6) is 0.997. The summed E-state index contributed by atoms with van der Waals surface area (Å²) >= 11 is 2.19. The highest BCUT2D eigenvalue weighted by Gasteiger charge is 2.35. The molecule has 2 aliphatic rings. The molecule has 1 aromatic heterocycles. The van der Waals surface area contributed by atoms with E-state index in [1.165, 1.54) is 25.7 Å². The van der Waals surface area contributed by atoms with Crippen molar-refractivity contribution in [2.24, 2.45) is 0 Å². The molecule has 2 atom stereocenters. The molecule has 0 aromatic carbocycles. The largest absolute Gasteiger partial charge is 0.355 e. The molecule has 2 aliphatic heterocycles. The SMILES string of the molecule is CN(c1ccc(I)nn1)C1CC2CCC(C1)N2. The van der Waals surface area contributed by atoms with Crippen molar-refractivity contribution in [1.29, 1.82) is 0 Å². The van der Waals surface area contributed by atoms with Crippen LogP contribution < -0.4 is 10.2 Å². The summed E-state index contributed by atoms with van der Waals surface area (Å²) < 4.78 is 0.949. The number of rotatable bonds is 2. The summed E-state index contributed by atoms with van der Waals surface area (Å²) in [6, 6.07) is 6.15. The van der Waals surface area contributed by atoms with Crippen molar-refractivity contribution in [3.8, 4) is 0 Å². The number of hydrogen-bond donors (Lipinski definition) is 1. The highest BCUT2D eigenvalue weighted by atomic mass is 127. The van der Waals surface area contributed by atoms with Crippen LogP contribution in [0.15, 0.2) is 12.1 Å². The van der Waals surface area contributed by atoms with Gasteiger partial charge in [-0.05, 0) is 60.4 Å². The van der Waals surface area contributed by atoms with Crippen LogP contribution in [-0.4, -0.2) is 35.4 Å². The molecule has 17 heavy (non-hydrogen) atoms. The van der Waals surface area contributed by atoms with Gasteiger partial charge in [-0.15, -0.1) is 10.2 Å². The third-order valence-electron chi connectivity index (χ3n) is 3.98. The van der Waals surface area contributed by atoms with Gasteiger partial charge < -0.3 is 10.2 Å². The molecule has 2 fully saturated rings. The topological polar surface area (TPSA) is 41.1 Å². The van der Waals surface area contributed by atoms with Crippen LogP contribution in [0.25, 0.3) is 0 Å². The minimum absolute atomic E-state index is 0.614. The van der Waals surface area contributed by atoms with Gasteiger partial charge in [-0.1, -0.05) is 0 Å². The molecule has 5 heteroatoms. The van der Waals surface area contributed by atoms with Crippen LogP contribution in [0.4, 0.5) is 5.82 Å². The molecule has 1 aromatic rings. The van der Waals surface area contributed by atoms with Gasteiger partial charge in [-0.3, -0.25) is 0 Å². The number of fused-ring (bicyclic) bond motifs is 2. The first-order valence-electron chi connectivity index (χ1n) is 6.20. The number of hydrogen-bond acceptors (Lipinski definition) is 4. The van der Waals surface area contributed by atoms with E-state index in [2.05, 4.69) is 56.1 Å². The Morgan fingerprint density at radius 3 is 2.53 bits per heavy atom. The average Bonchev–Trinajstić information content (AvgIpc) is 2.68. The highest BCUT2D eigenvalue weighted by molar-refractivity contribution is 14.1. The highest BCUT2D eigenvalue weighted by Crippen LogP contribution is 2.30. The van der Waals surface area contributed by atoms with Gasteiger partial charge in [-0.2, -0.15) is 0 Å². The molecule has 3 heterocycles. The second-order valence-electron chi connectivity index (χ2n) is 5.09. The Bertz CT molecular complexity index is 382. The smallest absolute Gasteiger partial charge is 0.151 e. The first kappa shape index (κ1) is 11.6. The van der Waals surface area contributed by atoms with Gasteiger partial charge in [0.15, 0.2) is 5.82 Å². The van der Waals surface area contributed by atoms with Crippen molar-refractivity contribution in [3.05, 3.63) is 15.8 Å². The lowest BCUT2D eigenvalue weighted by Crippen LogP contribution is -2.47. The lowest BCUT2D eigenvalue weighted by molar-refractivity contribution is 0.353. The summed E-state index contributed by atoms with van der Waals surface area (Å²) in [5, 5.41) is 12.1. The van der Waals surface area contributed by atoms with Crippen LogP contribution >= 0.6 is 22.6 Å². The van der Waals surface area contributed by atoms with E-state index in [0.717, 1.165) is 21.6 Å². The Kier molecular flexibility index (Phi) is 3.21. The van der Waals surface area contributed by atoms with E-state index in [1.54, 1.807) is 0 Å². The Labute approximate surface area is 115 Å². The molecule has 2 bridgehead atoms. The fourth-order valence-electron chi connectivity index (χ4n) is 3.03. The average molecular weight is 344 g/mol. The van der Waals surface area contributed by atoms with Gasteiger partial charge >= 0.3 is 0 Å². The zero-order valence-corrected chi connectivity index (χ0v) is 12.1. The van der Waals surface area contributed by atoms with E-state index in [4.69, 9.17) is 0 Å². The van der Waals surface area contributed by atoms with Crippen molar-refractivity contribution in [1.82, 2.24) is 15.5 Å². The van der Waals surface area contributed by atoms with Crippen LogP contribution in [0.5, 0.6) is 0 Å². The number of halogens is 1. The first-order valence-corrected chi connectivity index (χ1v) is 7.28. The predicted molar refractivity (Wildman–Crippen MR) is 76.1 cm³/mol. The zero-order chi connectivity index (χ0) is 11.8. The Morgan fingerprint density at radius 2 is 1.94 bits per heavy atom. The zero-order valence-electron chi connectivity index (χ0n) is 9.93. The maximum Gasteiger partial charge on any atom is 0.151 e. The minimum Gasteiger partial charge on any atom is -0.355 e. The van der Waals surface area contributed by atoms with E-state index in [9.17, 15) is 0 Å². The molecule has 4 nitrogen and oxygen atoms in total. The maximum absolute atomic E-state index is 4.27. The van der Waals surface area contributed by atoms with Crippen molar-refractivity contribution in [2.75, 3.05) is 11.9 Å². The lowest BCUT2D eigenvalue weighted by Gasteiger charge is -2.35. The van der Waals surface area contributed by atoms with Crippen molar-refractivity contribution >= 4 is 28.4 Å². The maximum atomic E-state index is 4.27. The first-order chi connectivity index (χ1) is 8.22. The van der Waals surface area contributed by atoms with Crippen LogP contribution in [0.2, 0.25) is 0 Å². The molecule has 0 spiro atoms. The van der Waals surface area contributed by atoms with E-state index in [0.29, 0.717) is 6.04 Å². The molecule has 92 valence electrons. The van der Waals surface area contributed by atoms with Crippen molar-refractivity contribution in [2.45, 2.75) is 43.8 Å². The van der Waals surface area contributed by atoms with Crippen LogP contribution in [0, 0.1) is 3.70 Å². The van der Waals surface area contributed by atoms with Crippen molar-refractivity contribution < 1.29 is 0 Å². The molecule has 3 rings (SSSR count). The van der Waals surface area contributed by atoms with Crippen LogP contribution in [0.1, 0.15) is 25.7 Å². The molecular weight excluding hydrogens is 327 g/mol. The lowest BCUT2D eigenvalue weighted by atomic mass is 9.98. The molecule has 0 amide bonds. The monoisotopic (exact) mass is 344 g/mol. The van der Waals surface area contributed by atoms with E-state index < -0.39 is 0 Å². The van der Waals surface area contributed by atoms with Gasteiger partial charge in [0.25, 0.3) is 0 Å². The normalized spacial score (nSPS) is 31.5. The van der Waals surface area contributed by atoms with Gasteiger partial charge in [0.2, 0.25) is 0 Å². The van der Waals surface area contributed by atoms with Crippen LogP contribution in [0.3, 0.4) is 0 Å². The molecular formula is C12H17IN4. The Balaban J connectivity index is 1.73. The quantitative estimate of drug-likeness (QED) is 0.831. The molecule has 1 N–H and O–H groups in total. The number of anilines is 1. The number of nitrogens with one attached hydrogen (secondary N) is 1. The molecule has 0 radical (unpaired) electrons. The Morgan fingerprint density at radius 1 is 1.24 bits per heavy atom. The minimum atomic E-state index is 0.614. The van der Waals surface area contributed by atoms with Gasteiger partial charge in [-0.25, -0.2) is 0 Å². The summed E-state index contributed by atoms with van der Waals surface area (Å²) in [6.07, 6.45) is 5.15. The standard InChI is InChI=1S/C12H17IN4/c1-17(12-5-4-11(13)15-16-12)10-6-8-2-3-9(7-10)14-8/h4-5,8-10,14H,2-3,6-7H2,1H3. The number of nitrogens with zero attached hydrogens (tertiary/aromatic N) is 3. The summed E-state index contributed by atoms with van der Waals surface area (Å²) in [7, 11) is 2.15. The second-order valence-corrected chi connectivity index (χ2v) is 6.19. The second kappa shape index (κ2) is 4.68. The summed E-state index contributed by atoms with van der Waals surface area (Å²) in [4.78, 5) is 2.30. The van der Waals surface area contributed by atoms with E-state index in [-0.39, 0.29) is 0 Å². The predicted octanol–water partition coefficient (Wildman–Crippen LogP) is 1.80. The summed E-state index contributed by atoms with van der Waals surface area (Å²) in [6.45, 7) is 0. The number of aromatic nitrogens is 2. The number of piperidine rings is 1. The van der Waals surface area contributed by atoms with Crippen molar-refractivity contribution in [3.63, 3.8) is 0 Å². The third kappa shape index (κ3) is 2.40. The molecule has 2 unspecified atom stereocenters. The fraction of sp³-hybridized carbons (Fsp3) is 0.667.